The molecule has 0 aliphatic heterocycles. The smallest absolute Gasteiger partial charge is 0.258 e. The Morgan fingerprint density at radius 1 is 1.26 bits per heavy atom. The lowest BCUT2D eigenvalue weighted by molar-refractivity contribution is 0.102. The van der Waals surface area contributed by atoms with Crippen molar-refractivity contribution in [1.29, 1.82) is 0 Å². The molecule has 0 saturated heterocycles. The number of nitrogen functional groups attached to an aromatic ring is 1. The van der Waals surface area contributed by atoms with E-state index in [1.54, 1.807) is 18.2 Å². The van der Waals surface area contributed by atoms with Gasteiger partial charge in [0.1, 0.15) is 5.82 Å². The van der Waals surface area contributed by atoms with Gasteiger partial charge in [-0.2, -0.15) is 0 Å². The molecule has 0 aliphatic rings. The van der Waals surface area contributed by atoms with Crippen LogP contribution >= 0.6 is 27.5 Å². The Kier molecular flexibility index (Phi) is 4.07. The average molecular weight is 344 g/mol. The molecule has 6 heteroatoms. The lowest BCUT2D eigenvalue weighted by Gasteiger charge is -2.08. The predicted molar refractivity (Wildman–Crippen MR) is 77.9 cm³/mol. The van der Waals surface area contributed by atoms with E-state index in [1.165, 1.54) is 12.1 Å². The minimum absolute atomic E-state index is 0.117. The number of anilines is 2. The standard InChI is InChI=1S/C13H9BrClFN2O/c14-10-3-2-8(6-12(10)17)18-13(19)9-5-7(15)1-4-11(9)16/h1-6H,17H2,(H,18,19). The average Bonchev–Trinajstić information content (AvgIpc) is 2.36. The van der Waals surface area contributed by atoms with E-state index in [0.29, 0.717) is 16.4 Å². The maximum absolute atomic E-state index is 13.5. The van der Waals surface area contributed by atoms with Crippen molar-refractivity contribution in [3.63, 3.8) is 0 Å². The summed E-state index contributed by atoms with van der Waals surface area (Å²) < 4.78 is 14.2. The number of amides is 1. The molecule has 0 fully saturated rings. The molecule has 0 atom stereocenters. The molecule has 0 aliphatic carbocycles. The van der Waals surface area contributed by atoms with E-state index in [4.69, 9.17) is 17.3 Å². The van der Waals surface area contributed by atoms with Gasteiger partial charge in [-0.05, 0) is 52.3 Å². The molecule has 19 heavy (non-hydrogen) atoms. The van der Waals surface area contributed by atoms with Crippen molar-refractivity contribution in [2.24, 2.45) is 0 Å². The fraction of sp³-hybridized carbons (Fsp3) is 0. The fourth-order valence-electron chi connectivity index (χ4n) is 1.49. The van der Waals surface area contributed by atoms with Gasteiger partial charge in [0, 0.05) is 20.9 Å². The van der Waals surface area contributed by atoms with Crippen LogP contribution in [0, 0.1) is 5.82 Å². The van der Waals surface area contributed by atoms with Gasteiger partial charge in [-0.1, -0.05) is 11.6 Å². The van der Waals surface area contributed by atoms with Crippen LogP contribution in [0.5, 0.6) is 0 Å². The van der Waals surface area contributed by atoms with Gasteiger partial charge in [0.25, 0.3) is 5.91 Å². The maximum Gasteiger partial charge on any atom is 0.258 e. The number of halogens is 3. The molecule has 3 nitrogen and oxygen atoms in total. The number of benzene rings is 2. The lowest BCUT2D eigenvalue weighted by Crippen LogP contribution is -2.13. The summed E-state index contributed by atoms with van der Waals surface area (Å²) in [4.78, 5) is 11.9. The largest absolute Gasteiger partial charge is 0.398 e. The summed E-state index contributed by atoms with van der Waals surface area (Å²) >= 11 is 8.98. The second kappa shape index (κ2) is 5.59. The highest BCUT2D eigenvalue weighted by atomic mass is 79.9. The molecule has 98 valence electrons. The van der Waals surface area contributed by atoms with Crippen molar-refractivity contribution in [2.75, 3.05) is 11.1 Å². The molecular weight excluding hydrogens is 335 g/mol. The Labute approximate surface area is 122 Å². The van der Waals surface area contributed by atoms with Crippen LogP contribution in [-0.2, 0) is 0 Å². The number of hydrogen-bond acceptors (Lipinski definition) is 2. The van der Waals surface area contributed by atoms with Crippen LogP contribution in [0.3, 0.4) is 0 Å². The van der Waals surface area contributed by atoms with Crippen LogP contribution in [0.2, 0.25) is 5.02 Å². The molecular formula is C13H9BrClFN2O. The van der Waals surface area contributed by atoms with Crippen LogP contribution in [0.4, 0.5) is 15.8 Å². The summed E-state index contributed by atoms with van der Waals surface area (Å²) in [5, 5.41) is 2.85. The van der Waals surface area contributed by atoms with E-state index in [-0.39, 0.29) is 5.56 Å². The van der Waals surface area contributed by atoms with Gasteiger partial charge in [0.05, 0.1) is 5.56 Å². The predicted octanol–water partition coefficient (Wildman–Crippen LogP) is 4.08. The first-order valence-electron chi connectivity index (χ1n) is 5.29. The van der Waals surface area contributed by atoms with Crippen LogP contribution in [0.1, 0.15) is 10.4 Å². The quantitative estimate of drug-likeness (QED) is 0.807. The highest BCUT2D eigenvalue weighted by Crippen LogP contribution is 2.24. The Bertz CT molecular complexity index is 649. The van der Waals surface area contributed by atoms with E-state index >= 15 is 0 Å². The molecule has 0 aromatic heterocycles. The molecule has 0 heterocycles. The zero-order valence-electron chi connectivity index (χ0n) is 9.58. The van der Waals surface area contributed by atoms with Crippen molar-refractivity contribution in [1.82, 2.24) is 0 Å². The summed E-state index contributed by atoms with van der Waals surface area (Å²) in [6.45, 7) is 0. The third kappa shape index (κ3) is 3.24. The Hall–Kier alpha value is -1.59. The van der Waals surface area contributed by atoms with Crippen LogP contribution < -0.4 is 11.1 Å². The third-order valence-electron chi connectivity index (χ3n) is 2.43. The first kappa shape index (κ1) is 13.8. The molecule has 2 aromatic rings. The number of carbonyl (C=O) groups excluding carboxylic acids is 1. The highest BCUT2D eigenvalue weighted by Gasteiger charge is 2.12. The van der Waals surface area contributed by atoms with Gasteiger partial charge in [0.15, 0.2) is 0 Å². The van der Waals surface area contributed by atoms with Crippen molar-refractivity contribution in [2.45, 2.75) is 0 Å². The van der Waals surface area contributed by atoms with E-state index in [9.17, 15) is 9.18 Å². The van der Waals surface area contributed by atoms with Crippen molar-refractivity contribution >= 4 is 44.8 Å². The number of nitrogens with two attached hydrogens (primary N) is 1. The van der Waals surface area contributed by atoms with Crippen LogP contribution in [0.15, 0.2) is 40.9 Å². The van der Waals surface area contributed by atoms with Gasteiger partial charge >= 0.3 is 0 Å². The molecule has 2 aromatic carbocycles. The summed E-state index contributed by atoms with van der Waals surface area (Å²) in [6.07, 6.45) is 0. The molecule has 0 radical (unpaired) electrons. The molecule has 0 bridgehead atoms. The van der Waals surface area contributed by atoms with E-state index < -0.39 is 11.7 Å². The molecule has 1 amide bonds. The van der Waals surface area contributed by atoms with Gasteiger partial charge in [-0.25, -0.2) is 4.39 Å². The normalized spacial score (nSPS) is 10.3. The Morgan fingerprint density at radius 3 is 2.68 bits per heavy atom. The first-order valence-corrected chi connectivity index (χ1v) is 6.46. The van der Waals surface area contributed by atoms with Gasteiger partial charge in [-0.3, -0.25) is 4.79 Å². The van der Waals surface area contributed by atoms with Gasteiger partial charge in [-0.15, -0.1) is 0 Å². The molecule has 2 rings (SSSR count). The van der Waals surface area contributed by atoms with Crippen molar-refractivity contribution in [3.8, 4) is 0 Å². The van der Waals surface area contributed by atoms with E-state index in [0.717, 1.165) is 10.5 Å². The second-order valence-corrected chi connectivity index (χ2v) is 5.11. The topological polar surface area (TPSA) is 55.1 Å². The highest BCUT2D eigenvalue weighted by molar-refractivity contribution is 9.10. The van der Waals surface area contributed by atoms with Crippen LogP contribution in [-0.4, -0.2) is 5.91 Å². The number of hydrogen-bond donors (Lipinski definition) is 2. The molecule has 3 N–H and O–H groups in total. The van der Waals surface area contributed by atoms with E-state index in [1.807, 2.05) is 0 Å². The molecule has 0 spiro atoms. The minimum atomic E-state index is -0.632. The summed E-state index contributed by atoms with van der Waals surface area (Å²) in [7, 11) is 0. The second-order valence-electron chi connectivity index (χ2n) is 3.81. The zero-order valence-corrected chi connectivity index (χ0v) is 11.9. The van der Waals surface area contributed by atoms with Crippen LogP contribution in [0.25, 0.3) is 0 Å². The first-order chi connectivity index (χ1) is 8.97. The van der Waals surface area contributed by atoms with Gasteiger partial charge in [0.2, 0.25) is 0 Å². The third-order valence-corrected chi connectivity index (χ3v) is 3.38. The van der Waals surface area contributed by atoms with Gasteiger partial charge < -0.3 is 11.1 Å². The summed E-state index contributed by atoms with van der Waals surface area (Å²) in [6, 6.07) is 8.72. The van der Waals surface area contributed by atoms with Crippen molar-refractivity contribution < 1.29 is 9.18 Å². The molecule has 0 unspecified atom stereocenters. The number of rotatable bonds is 2. The zero-order chi connectivity index (χ0) is 14.0. The Balaban J connectivity index is 2.25. The minimum Gasteiger partial charge on any atom is -0.398 e. The number of nitrogens with one attached hydrogen (secondary N) is 1. The maximum atomic E-state index is 13.5. The SMILES string of the molecule is Nc1cc(NC(=O)c2cc(Cl)ccc2F)ccc1Br. The summed E-state index contributed by atoms with van der Waals surface area (Å²) in [5.41, 5.74) is 6.53. The van der Waals surface area contributed by atoms with E-state index in [2.05, 4.69) is 21.2 Å². The fourth-order valence-corrected chi connectivity index (χ4v) is 1.91. The monoisotopic (exact) mass is 342 g/mol. The number of carbonyl (C=O) groups is 1. The molecule has 0 saturated carbocycles. The lowest BCUT2D eigenvalue weighted by atomic mass is 10.2. The Morgan fingerprint density at radius 2 is 2.00 bits per heavy atom. The summed E-state index contributed by atoms with van der Waals surface area (Å²) in [5.74, 6) is -1.21. The van der Waals surface area contributed by atoms with Crippen molar-refractivity contribution in [3.05, 3.63) is 57.3 Å².